The van der Waals surface area contributed by atoms with E-state index in [9.17, 15) is 9.90 Å². The minimum absolute atomic E-state index is 0.000630. The number of rotatable bonds is 5. The second-order valence-electron chi connectivity index (χ2n) is 9.46. The Kier molecular flexibility index (Phi) is 6.82. The van der Waals surface area contributed by atoms with Gasteiger partial charge in [0.25, 0.3) is 0 Å². The molecule has 1 atom stereocenters. The average Bonchev–Trinajstić information content (AvgIpc) is 2.84. The van der Waals surface area contributed by atoms with Crippen LogP contribution in [0, 0.1) is 13.8 Å². The van der Waals surface area contributed by atoms with Crippen LogP contribution in [0.25, 0.3) is 0 Å². The van der Waals surface area contributed by atoms with Gasteiger partial charge in [0.15, 0.2) is 0 Å². The first-order valence-electron chi connectivity index (χ1n) is 11.9. The highest BCUT2D eigenvalue weighted by atomic mass is 35.5. The Bertz CT molecular complexity index is 1200. The summed E-state index contributed by atoms with van der Waals surface area (Å²) in [6.07, 6.45) is 1.43. The number of hydrogen-bond donors (Lipinski definition) is 1. The van der Waals surface area contributed by atoms with Crippen LogP contribution >= 0.6 is 23.4 Å². The number of hydrogen-bond acceptors (Lipinski definition) is 5. The van der Waals surface area contributed by atoms with Gasteiger partial charge in [-0.25, -0.2) is 0 Å². The zero-order chi connectivity index (χ0) is 24.6. The van der Waals surface area contributed by atoms with Crippen molar-refractivity contribution in [3.05, 3.63) is 76.8 Å². The third kappa shape index (κ3) is 5.07. The lowest BCUT2D eigenvalue weighted by molar-refractivity contribution is -0.121. The summed E-state index contributed by atoms with van der Waals surface area (Å²) in [4.78, 5) is 19.6. The molecule has 1 fully saturated rings. The van der Waals surface area contributed by atoms with Gasteiger partial charge in [0, 0.05) is 21.4 Å². The number of benzene rings is 3. The molecule has 7 heteroatoms. The molecule has 1 N–H and O–H groups in total. The Morgan fingerprint density at radius 2 is 1.66 bits per heavy atom. The van der Waals surface area contributed by atoms with E-state index in [1.165, 1.54) is 0 Å². The molecule has 5 rings (SSSR count). The second kappa shape index (κ2) is 9.86. The molecule has 3 aromatic rings. The fourth-order valence-corrected chi connectivity index (χ4v) is 6.07. The zero-order valence-electron chi connectivity index (χ0n) is 20.0. The topological polar surface area (TPSA) is 53.0 Å². The lowest BCUT2D eigenvalue weighted by atomic mass is 9.93. The maximum Gasteiger partial charge on any atom is 0.245 e. The number of para-hydroxylation sites is 2. The molecule has 3 aromatic carbocycles. The van der Waals surface area contributed by atoms with Crippen LogP contribution in [0.3, 0.4) is 0 Å². The molecule has 1 amide bonds. The Hall–Kier alpha value is -2.51. The maximum absolute atomic E-state index is 13.6. The number of fused-ring (bicyclic) bond motifs is 2. The van der Waals surface area contributed by atoms with Crippen molar-refractivity contribution in [2.45, 2.75) is 42.1 Å². The van der Waals surface area contributed by atoms with Crippen molar-refractivity contribution in [1.29, 1.82) is 0 Å². The minimum atomic E-state index is -1.02. The first-order chi connectivity index (χ1) is 16.8. The number of piperidine rings is 1. The van der Waals surface area contributed by atoms with Crippen molar-refractivity contribution in [2.75, 3.05) is 31.1 Å². The fourth-order valence-electron chi connectivity index (χ4n) is 4.90. The van der Waals surface area contributed by atoms with Crippen molar-refractivity contribution >= 4 is 40.6 Å². The van der Waals surface area contributed by atoms with Gasteiger partial charge in [0.05, 0.1) is 17.9 Å². The molecule has 2 aliphatic rings. The molecular weight excluding hydrogens is 480 g/mol. The number of likely N-dealkylation sites (tertiary alicyclic amines) is 1. The SMILES string of the molecule is Cc1cc(OCC2(O)CCCN(CC(=O)N3c4ccccc4Sc4ccccc43)C2)cc(C)c1Cl. The summed E-state index contributed by atoms with van der Waals surface area (Å²) in [5.74, 6) is 0.698. The number of amides is 1. The summed E-state index contributed by atoms with van der Waals surface area (Å²) >= 11 is 7.96. The highest BCUT2D eigenvalue weighted by molar-refractivity contribution is 7.99. The predicted molar refractivity (Wildman–Crippen MR) is 141 cm³/mol. The molecule has 0 saturated carbocycles. The Morgan fingerprint density at radius 1 is 1.06 bits per heavy atom. The highest BCUT2D eigenvalue weighted by Crippen LogP contribution is 2.48. The van der Waals surface area contributed by atoms with Crippen LogP contribution in [0.15, 0.2) is 70.5 Å². The highest BCUT2D eigenvalue weighted by Gasteiger charge is 2.36. The van der Waals surface area contributed by atoms with E-state index in [0.29, 0.717) is 18.7 Å². The van der Waals surface area contributed by atoms with E-state index >= 15 is 0 Å². The smallest absolute Gasteiger partial charge is 0.245 e. The lowest BCUT2D eigenvalue weighted by Crippen LogP contribution is -2.53. The summed E-state index contributed by atoms with van der Waals surface area (Å²) in [5, 5.41) is 12.0. The molecule has 0 aliphatic carbocycles. The van der Waals surface area contributed by atoms with Crippen LogP contribution in [0.2, 0.25) is 5.02 Å². The van der Waals surface area contributed by atoms with E-state index in [0.717, 1.165) is 50.3 Å². The maximum atomic E-state index is 13.6. The number of anilines is 2. The molecule has 0 spiro atoms. The van der Waals surface area contributed by atoms with E-state index < -0.39 is 5.60 Å². The Balaban J connectivity index is 1.29. The number of ether oxygens (including phenoxy) is 1. The number of aryl methyl sites for hydroxylation is 2. The molecule has 1 unspecified atom stereocenters. The van der Waals surface area contributed by atoms with Gasteiger partial charge in [-0.1, -0.05) is 47.6 Å². The molecule has 35 heavy (non-hydrogen) atoms. The van der Waals surface area contributed by atoms with Gasteiger partial charge in [-0.05, 0) is 80.8 Å². The van der Waals surface area contributed by atoms with Crippen LogP contribution < -0.4 is 9.64 Å². The molecule has 1 saturated heterocycles. The first kappa shape index (κ1) is 24.2. The monoisotopic (exact) mass is 508 g/mol. The molecule has 5 nitrogen and oxygen atoms in total. The summed E-state index contributed by atoms with van der Waals surface area (Å²) in [6, 6.07) is 19.8. The van der Waals surface area contributed by atoms with E-state index in [2.05, 4.69) is 0 Å². The van der Waals surface area contributed by atoms with Crippen molar-refractivity contribution in [1.82, 2.24) is 4.90 Å². The van der Waals surface area contributed by atoms with Crippen LogP contribution in [0.4, 0.5) is 11.4 Å². The molecule has 0 bridgehead atoms. The quantitative estimate of drug-likeness (QED) is 0.458. The normalized spacial score (nSPS) is 19.7. The summed E-state index contributed by atoms with van der Waals surface area (Å²) < 4.78 is 5.99. The van der Waals surface area contributed by atoms with Crippen LogP contribution in [-0.4, -0.2) is 47.8 Å². The summed E-state index contributed by atoms with van der Waals surface area (Å²) in [6.45, 7) is 5.44. The minimum Gasteiger partial charge on any atom is -0.491 e. The standard InChI is InChI=1S/C28H29ClN2O3S/c1-19-14-21(15-20(2)27(19)29)34-18-28(33)12-7-13-30(17-28)16-26(32)31-22-8-3-5-10-24(22)35-25-11-6-4-9-23(25)31/h3-6,8-11,14-15,33H,7,12-13,16-18H2,1-2H3. The molecule has 0 aromatic heterocycles. The van der Waals surface area contributed by atoms with Gasteiger partial charge in [-0.2, -0.15) is 0 Å². The van der Waals surface area contributed by atoms with Crippen molar-refractivity contribution in [3.63, 3.8) is 0 Å². The number of carbonyl (C=O) groups excluding carboxylic acids is 1. The summed E-state index contributed by atoms with van der Waals surface area (Å²) in [7, 11) is 0. The Labute approximate surface area is 215 Å². The first-order valence-corrected chi connectivity index (χ1v) is 13.1. The number of β-amino-alcohol motifs (C(OH)–C–C–N with tert-alkyl or cyclic N) is 1. The van der Waals surface area contributed by atoms with E-state index in [1.54, 1.807) is 11.8 Å². The number of nitrogens with zero attached hydrogens (tertiary/aromatic N) is 2. The van der Waals surface area contributed by atoms with Gasteiger partial charge >= 0.3 is 0 Å². The van der Waals surface area contributed by atoms with Gasteiger partial charge < -0.3 is 9.84 Å². The third-order valence-electron chi connectivity index (χ3n) is 6.59. The largest absolute Gasteiger partial charge is 0.491 e. The second-order valence-corrected chi connectivity index (χ2v) is 10.9. The predicted octanol–water partition coefficient (Wildman–Crippen LogP) is 5.99. The Morgan fingerprint density at radius 3 is 2.29 bits per heavy atom. The number of carbonyl (C=O) groups is 1. The van der Waals surface area contributed by atoms with Gasteiger partial charge in [-0.15, -0.1) is 0 Å². The van der Waals surface area contributed by atoms with Gasteiger partial charge in [-0.3, -0.25) is 14.6 Å². The third-order valence-corrected chi connectivity index (χ3v) is 8.32. The molecule has 182 valence electrons. The van der Waals surface area contributed by atoms with Crippen molar-refractivity contribution in [3.8, 4) is 5.75 Å². The van der Waals surface area contributed by atoms with Crippen LogP contribution in [0.5, 0.6) is 5.75 Å². The van der Waals surface area contributed by atoms with Gasteiger partial charge in [0.2, 0.25) is 5.91 Å². The summed E-state index contributed by atoms with van der Waals surface area (Å²) in [5.41, 5.74) is 2.69. The molecule has 0 radical (unpaired) electrons. The van der Waals surface area contributed by atoms with Crippen LogP contribution in [0.1, 0.15) is 24.0 Å². The van der Waals surface area contributed by atoms with Crippen LogP contribution in [-0.2, 0) is 4.79 Å². The number of halogens is 1. The molecule has 2 aliphatic heterocycles. The van der Waals surface area contributed by atoms with E-state index in [1.807, 2.05) is 84.3 Å². The van der Waals surface area contributed by atoms with Crippen molar-refractivity contribution in [2.24, 2.45) is 0 Å². The van der Waals surface area contributed by atoms with E-state index in [4.69, 9.17) is 16.3 Å². The van der Waals surface area contributed by atoms with Gasteiger partial charge in [0.1, 0.15) is 18.0 Å². The van der Waals surface area contributed by atoms with Crippen molar-refractivity contribution < 1.29 is 14.6 Å². The average molecular weight is 509 g/mol. The zero-order valence-corrected chi connectivity index (χ0v) is 21.5. The fraction of sp³-hybridized carbons (Fsp3) is 0.321. The van der Waals surface area contributed by atoms with E-state index in [-0.39, 0.29) is 19.1 Å². The lowest BCUT2D eigenvalue weighted by Gasteiger charge is -2.40. The molecule has 2 heterocycles. The molecular formula is C28H29ClN2O3S. The number of aliphatic hydroxyl groups is 1.